The number of rotatable bonds is 11. The molecule has 13 nitrogen and oxygen atoms in total. The number of nitrogens with one attached hydrogen (secondary N) is 3. The summed E-state index contributed by atoms with van der Waals surface area (Å²) in [6, 6.07) is 6.97. The van der Waals surface area contributed by atoms with Crippen LogP contribution in [0.5, 0.6) is 0 Å². The van der Waals surface area contributed by atoms with Crippen LogP contribution in [0.3, 0.4) is 0 Å². The summed E-state index contributed by atoms with van der Waals surface area (Å²) in [5.41, 5.74) is 7.07. The first-order valence-electron chi connectivity index (χ1n) is 10.5. The third-order valence-corrected chi connectivity index (χ3v) is 4.23. The van der Waals surface area contributed by atoms with Gasteiger partial charge in [-0.05, 0) is 39.2 Å². The van der Waals surface area contributed by atoms with Crippen molar-refractivity contribution in [2.24, 2.45) is 10.7 Å². The van der Waals surface area contributed by atoms with Crippen LogP contribution in [0.15, 0.2) is 35.3 Å². The van der Waals surface area contributed by atoms with E-state index in [9.17, 15) is 24.5 Å². The fourth-order valence-electron chi connectivity index (χ4n) is 2.80. The van der Waals surface area contributed by atoms with Gasteiger partial charge >= 0.3 is 12.1 Å². The summed E-state index contributed by atoms with van der Waals surface area (Å²) < 4.78 is 10.0. The summed E-state index contributed by atoms with van der Waals surface area (Å²) in [5, 5.41) is 14.6. The Balaban J connectivity index is 2.88. The number of nitro groups is 1. The van der Waals surface area contributed by atoms with Crippen molar-refractivity contribution in [2.45, 2.75) is 57.7 Å². The van der Waals surface area contributed by atoms with Gasteiger partial charge in [-0.1, -0.05) is 35.8 Å². The van der Waals surface area contributed by atoms with Crippen LogP contribution in [0, 0.1) is 10.1 Å². The number of carbonyl (C=O) groups excluding carboxylic acids is 3. The molecule has 0 aliphatic heterocycles. The number of nitrogens with zero attached hydrogens (tertiary/aromatic N) is 2. The third kappa shape index (κ3) is 11.6. The van der Waals surface area contributed by atoms with E-state index in [1.807, 2.05) is 6.07 Å². The predicted octanol–water partition coefficient (Wildman–Crippen LogP) is 0.656. The van der Waals surface area contributed by atoms with Crippen LogP contribution in [-0.2, 0) is 25.5 Å². The zero-order valence-electron chi connectivity index (χ0n) is 19.7. The number of guanidine groups is 1. The smallest absolute Gasteiger partial charge is 0.408 e. The Labute approximate surface area is 197 Å². The molecule has 0 unspecified atom stereocenters. The van der Waals surface area contributed by atoms with Gasteiger partial charge in [0.25, 0.3) is 5.96 Å². The van der Waals surface area contributed by atoms with E-state index in [1.165, 1.54) is 7.11 Å². The quantitative estimate of drug-likeness (QED) is 0.0880. The number of esters is 1. The first kappa shape index (κ1) is 28.1. The Bertz CT molecular complexity index is 870. The highest BCUT2D eigenvalue weighted by atomic mass is 16.7. The van der Waals surface area contributed by atoms with Crippen LogP contribution >= 0.6 is 0 Å². The molecule has 0 fully saturated rings. The number of methoxy groups -OCH3 is 1. The molecule has 1 aromatic rings. The minimum atomic E-state index is -1.03. The lowest BCUT2D eigenvalue weighted by molar-refractivity contribution is -0.525. The standard InChI is InChI=1S/C21H32N6O7/c1-21(2,3)34-20(30)25-16(13-14-9-6-5-7-10-14)17(28)24-15(18(29)33-4)11-8-12-23-19(22)26-27(31)32/h5-7,9-10,15-16H,8,11-13H2,1-4H3,(H,24,28)(H,25,30)(H3,22,23,26)/t15-,16-/m0/s1. The van der Waals surface area contributed by atoms with Crippen molar-refractivity contribution < 1.29 is 28.9 Å². The summed E-state index contributed by atoms with van der Waals surface area (Å²) >= 11 is 0. The fourth-order valence-corrected chi connectivity index (χ4v) is 2.80. The van der Waals surface area contributed by atoms with Crippen molar-refractivity contribution >= 4 is 23.9 Å². The van der Waals surface area contributed by atoms with E-state index in [2.05, 4.69) is 15.6 Å². The first-order valence-corrected chi connectivity index (χ1v) is 10.5. The Morgan fingerprint density at radius 2 is 1.79 bits per heavy atom. The summed E-state index contributed by atoms with van der Waals surface area (Å²) in [5.74, 6) is -1.68. The van der Waals surface area contributed by atoms with Crippen LogP contribution in [0.1, 0.15) is 39.2 Å². The molecule has 2 atom stereocenters. The number of nitrogens with two attached hydrogens (primary N) is 1. The molecule has 2 amide bonds. The third-order valence-electron chi connectivity index (χ3n) is 4.23. The van der Waals surface area contributed by atoms with Crippen LogP contribution in [0.25, 0.3) is 0 Å². The highest BCUT2D eigenvalue weighted by Gasteiger charge is 2.29. The molecule has 5 N–H and O–H groups in total. The molecular formula is C21H32N6O7. The van der Waals surface area contributed by atoms with Crippen molar-refractivity contribution in [1.82, 2.24) is 16.1 Å². The van der Waals surface area contributed by atoms with E-state index in [1.54, 1.807) is 50.5 Å². The molecule has 1 aromatic carbocycles. The largest absolute Gasteiger partial charge is 0.467 e. The van der Waals surface area contributed by atoms with Gasteiger partial charge in [-0.2, -0.15) is 0 Å². The van der Waals surface area contributed by atoms with E-state index < -0.39 is 40.7 Å². The molecule has 188 valence electrons. The zero-order valence-corrected chi connectivity index (χ0v) is 19.7. The average molecular weight is 481 g/mol. The van der Waals surface area contributed by atoms with Crippen molar-refractivity contribution in [2.75, 3.05) is 13.7 Å². The van der Waals surface area contributed by atoms with Crippen LogP contribution in [0.4, 0.5) is 4.79 Å². The van der Waals surface area contributed by atoms with Crippen molar-refractivity contribution in [1.29, 1.82) is 0 Å². The number of hydrazine groups is 1. The molecule has 0 aliphatic carbocycles. The molecule has 0 aromatic heterocycles. The van der Waals surface area contributed by atoms with Gasteiger partial charge in [0.1, 0.15) is 17.7 Å². The van der Waals surface area contributed by atoms with Gasteiger partial charge in [-0.15, -0.1) is 0 Å². The topological polar surface area (TPSA) is 187 Å². The van der Waals surface area contributed by atoms with Crippen molar-refractivity contribution in [3.63, 3.8) is 0 Å². The maximum Gasteiger partial charge on any atom is 0.408 e. The van der Waals surface area contributed by atoms with Crippen molar-refractivity contribution in [3.05, 3.63) is 46.0 Å². The molecule has 0 saturated carbocycles. The predicted molar refractivity (Wildman–Crippen MR) is 123 cm³/mol. The molecule has 0 spiro atoms. The molecule has 0 heterocycles. The Morgan fingerprint density at radius 3 is 2.35 bits per heavy atom. The Kier molecular flexibility index (Phi) is 11.3. The lowest BCUT2D eigenvalue weighted by Gasteiger charge is -2.25. The van der Waals surface area contributed by atoms with E-state index in [0.29, 0.717) is 0 Å². The number of alkyl carbamates (subject to hydrolysis) is 1. The van der Waals surface area contributed by atoms with E-state index in [0.717, 1.165) is 5.56 Å². The lowest BCUT2D eigenvalue weighted by Crippen LogP contribution is -2.53. The molecule has 0 bridgehead atoms. The number of hydrogen-bond donors (Lipinski definition) is 4. The number of carbonyl (C=O) groups is 3. The number of hydrogen-bond acceptors (Lipinski definition) is 8. The van der Waals surface area contributed by atoms with Crippen molar-refractivity contribution in [3.8, 4) is 0 Å². The normalized spacial score (nSPS) is 13.2. The van der Waals surface area contributed by atoms with Crippen LogP contribution in [-0.4, -0.2) is 60.3 Å². The second-order valence-electron chi connectivity index (χ2n) is 8.25. The number of benzene rings is 1. The first-order chi connectivity index (χ1) is 15.9. The minimum Gasteiger partial charge on any atom is -0.467 e. The minimum absolute atomic E-state index is 0.0691. The molecule has 0 saturated heterocycles. The van der Waals surface area contributed by atoms with Gasteiger partial charge in [0.2, 0.25) is 5.91 Å². The van der Waals surface area contributed by atoms with Crippen LogP contribution in [0.2, 0.25) is 0 Å². The second kappa shape index (κ2) is 13.6. The SMILES string of the molecule is COC(=O)[C@H](CCCN=C(N)N[N+](=O)[O-])NC(=O)[C@H](Cc1ccccc1)NC(=O)OC(C)(C)C. The van der Waals surface area contributed by atoms with Crippen LogP contribution < -0.4 is 21.8 Å². The highest BCUT2D eigenvalue weighted by molar-refractivity contribution is 5.89. The second-order valence-corrected chi connectivity index (χ2v) is 8.25. The Hall–Kier alpha value is -3.90. The molecule has 0 aliphatic rings. The summed E-state index contributed by atoms with van der Waals surface area (Å²) in [6.45, 7) is 5.16. The number of aliphatic imine (C=N–C) groups is 1. The maximum atomic E-state index is 13.0. The lowest BCUT2D eigenvalue weighted by atomic mass is 10.0. The van der Waals surface area contributed by atoms with E-state index in [4.69, 9.17) is 15.2 Å². The molecule has 0 radical (unpaired) electrons. The van der Waals surface area contributed by atoms with E-state index in [-0.39, 0.29) is 31.8 Å². The van der Waals surface area contributed by atoms with Gasteiger partial charge in [0.05, 0.1) is 7.11 Å². The monoisotopic (exact) mass is 480 g/mol. The van der Waals surface area contributed by atoms with Gasteiger partial charge < -0.3 is 25.8 Å². The number of ether oxygens (including phenoxy) is 2. The molecular weight excluding hydrogens is 448 g/mol. The zero-order chi connectivity index (χ0) is 25.7. The van der Waals surface area contributed by atoms with Gasteiger partial charge in [0.15, 0.2) is 5.03 Å². The highest BCUT2D eigenvalue weighted by Crippen LogP contribution is 2.10. The maximum absolute atomic E-state index is 13.0. The Morgan fingerprint density at radius 1 is 1.15 bits per heavy atom. The summed E-state index contributed by atoms with van der Waals surface area (Å²) in [6.07, 6.45) is -0.227. The fraction of sp³-hybridized carbons (Fsp3) is 0.524. The van der Waals surface area contributed by atoms with Gasteiger partial charge in [-0.3, -0.25) is 4.79 Å². The van der Waals surface area contributed by atoms with Gasteiger partial charge in [-0.25, -0.2) is 24.7 Å². The summed E-state index contributed by atoms with van der Waals surface area (Å²) in [7, 11) is 1.18. The van der Waals surface area contributed by atoms with E-state index >= 15 is 0 Å². The molecule has 34 heavy (non-hydrogen) atoms. The number of amides is 2. The average Bonchev–Trinajstić information content (AvgIpc) is 2.73. The molecule has 1 rings (SSSR count). The summed E-state index contributed by atoms with van der Waals surface area (Å²) in [4.78, 5) is 51.6. The van der Waals surface area contributed by atoms with Gasteiger partial charge in [0, 0.05) is 13.0 Å². The molecule has 13 heteroatoms.